The Morgan fingerprint density at radius 3 is 3.05 bits per heavy atom. The van der Waals surface area contributed by atoms with Crippen molar-refractivity contribution in [3.63, 3.8) is 0 Å². The highest BCUT2D eigenvalue weighted by Crippen LogP contribution is 2.25. The second kappa shape index (κ2) is 7.39. The van der Waals surface area contributed by atoms with Gasteiger partial charge in [-0.3, -0.25) is 10.1 Å². The van der Waals surface area contributed by atoms with Crippen LogP contribution >= 0.6 is 0 Å². The molecule has 1 N–H and O–H groups in total. The molecule has 0 saturated heterocycles. The molecule has 0 bridgehead atoms. The maximum atomic E-state index is 11.0. The van der Waals surface area contributed by atoms with Crippen LogP contribution in [0.15, 0.2) is 35.1 Å². The molecule has 2 aromatic heterocycles. The molecule has 2 heterocycles. The van der Waals surface area contributed by atoms with Gasteiger partial charge in [-0.25, -0.2) is 4.98 Å². The molecular formula is C14H17N3O4. The molecule has 0 saturated carbocycles. The van der Waals surface area contributed by atoms with E-state index in [1.54, 1.807) is 19.3 Å². The van der Waals surface area contributed by atoms with Gasteiger partial charge >= 0.3 is 5.69 Å². The number of furan rings is 1. The van der Waals surface area contributed by atoms with Gasteiger partial charge in [0.15, 0.2) is 0 Å². The van der Waals surface area contributed by atoms with E-state index in [9.17, 15) is 10.1 Å². The first-order valence-corrected chi connectivity index (χ1v) is 6.62. The molecule has 0 unspecified atom stereocenters. The number of hydrogen-bond donors (Lipinski definition) is 1. The van der Waals surface area contributed by atoms with Crippen molar-refractivity contribution in [1.82, 2.24) is 4.98 Å². The van der Waals surface area contributed by atoms with Crippen molar-refractivity contribution in [3.05, 3.63) is 52.1 Å². The Balaban J connectivity index is 1.74. The molecule has 2 rings (SSSR count). The number of rotatable bonds is 8. The average molecular weight is 291 g/mol. The van der Waals surface area contributed by atoms with Crippen LogP contribution in [-0.4, -0.2) is 23.2 Å². The Kier molecular flexibility index (Phi) is 5.28. The SMILES string of the molecule is Cc1ccnc(NCOCCCc2ccco2)c1[N+](=O)[O-]. The minimum atomic E-state index is -0.443. The highest BCUT2D eigenvalue weighted by molar-refractivity contribution is 5.59. The van der Waals surface area contributed by atoms with Crippen molar-refractivity contribution in [2.45, 2.75) is 19.8 Å². The lowest BCUT2D eigenvalue weighted by atomic mass is 10.2. The van der Waals surface area contributed by atoms with E-state index in [1.807, 2.05) is 12.1 Å². The number of pyridine rings is 1. The molecule has 0 atom stereocenters. The number of aromatic nitrogens is 1. The summed E-state index contributed by atoms with van der Waals surface area (Å²) in [4.78, 5) is 14.5. The molecule has 0 radical (unpaired) electrons. The molecule has 0 fully saturated rings. The van der Waals surface area contributed by atoms with Gasteiger partial charge in [-0.15, -0.1) is 0 Å². The monoisotopic (exact) mass is 291 g/mol. The Morgan fingerprint density at radius 1 is 1.48 bits per heavy atom. The predicted molar refractivity (Wildman–Crippen MR) is 77.1 cm³/mol. The Morgan fingerprint density at radius 2 is 2.33 bits per heavy atom. The largest absolute Gasteiger partial charge is 0.469 e. The zero-order valence-electron chi connectivity index (χ0n) is 11.7. The molecule has 0 aromatic carbocycles. The predicted octanol–water partition coefficient (Wildman–Crippen LogP) is 2.91. The summed E-state index contributed by atoms with van der Waals surface area (Å²) in [5.41, 5.74) is 0.548. The lowest BCUT2D eigenvalue weighted by Crippen LogP contribution is -2.11. The number of nitro groups is 1. The minimum absolute atomic E-state index is 0.0170. The van der Waals surface area contributed by atoms with Crippen LogP contribution in [0.4, 0.5) is 11.5 Å². The number of aryl methyl sites for hydroxylation is 2. The summed E-state index contributed by atoms with van der Waals surface area (Å²) < 4.78 is 10.6. The number of ether oxygens (including phenoxy) is 1. The molecule has 0 amide bonds. The third-order valence-electron chi connectivity index (χ3n) is 2.94. The number of nitrogens with zero attached hydrogens (tertiary/aromatic N) is 2. The summed E-state index contributed by atoms with van der Waals surface area (Å²) in [6.07, 6.45) is 4.79. The van der Waals surface area contributed by atoms with Gasteiger partial charge < -0.3 is 14.5 Å². The maximum absolute atomic E-state index is 11.0. The van der Waals surface area contributed by atoms with Crippen molar-refractivity contribution in [1.29, 1.82) is 0 Å². The van der Waals surface area contributed by atoms with Crippen LogP contribution in [0.3, 0.4) is 0 Å². The highest BCUT2D eigenvalue weighted by atomic mass is 16.6. The lowest BCUT2D eigenvalue weighted by Gasteiger charge is -2.08. The normalized spacial score (nSPS) is 10.5. The first-order valence-electron chi connectivity index (χ1n) is 6.62. The van der Waals surface area contributed by atoms with E-state index in [2.05, 4.69) is 10.3 Å². The average Bonchev–Trinajstić information content (AvgIpc) is 2.95. The molecule has 0 aliphatic carbocycles. The van der Waals surface area contributed by atoms with Crippen LogP contribution in [0, 0.1) is 17.0 Å². The maximum Gasteiger partial charge on any atom is 0.314 e. The van der Waals surface area contributed by atoms with Crippen molar-refractivity contribution >= 4 is 11.5 Å². The topological polar surface area (TPSA) is 90.4 Å². The van der Waals surface area contributed by atoms with Crippen molar-refractivity contribution in [2.75, 3.05) is 18.7 Å². The first kappa shape index (κ1) is 15.0. The summed E-state index contributed by atoms with van der Waals surface area (Å²) >= 11 is 0. The fraction of sp³-hybridized carbons (Fsp3) is 0.357. The van der Waals surface area contributed by atoms with Crippen molar-refractivity contribution in [3.8, 4) is 0 Å². The van der Waals surface area contributed by atoms with Crippen LogP contribution < -0.4 is 5.32 Å². The third-order valence-corrected chi connectivity index (χ3v) is 2.94. The second-order valence-electron chi connectivity index (χ2n) is 4.49. The zero-order valence-corrected chi connectivity index (χ0v) is 11.7. The van der Waals surface area contributed by atoms with Gasteiger partial charge in [-0.1, -0.05) is 0 Å². The number of hydrogen-bond acceptors (Lipinski definition) is 6. The lowest BCUT2D eigenvalue weighted by molar-refractivity contribution is -0.384. The van der Waals surface area contributed by atoms with E-state index in [4.69, 9.17) is 9.15 Å². The molecule has 0 aliphatic rings. The fourth-order valence-electron chi connectivity index (χ4n) is 1.91. The van der Waals surface area contributed by atoms with Gasteiger partial charge in [0.1, 0.15) is 12.5 Å². The summed E-state index contributed by atoms with van der Waals surface area (Å²) in [5.74, 6) is 1.15. The molecule has 7 heteroatoms. The van der Waals surface area contributed by atoms with Gasteiger partial charge in [0, 0.05) is 24.8 Å². The summed E-state index contributed by atoms with van der Waals surface area (Å²) in [7, 11) is 0. The zero-order chi connectivity index (χ0) is 15.1. The van der Waals surface area contributed by atoms with E-state index in [0.717, 1.165) is 18.6 Å². The van der Waals surface area contributed by atoms with Gasteiger partial charge in [-0.2, -0.15) is 0 Å². The molecular weight excluding hydrogens is 274 g/mol. The molecule has 0 aliphatic heterocycles. The second-order valence-corrected chi connectivity index (χ2v) is 4.49. The fourth-order valence-corrected chi connectivity index (χ4v) is 1.91. The van der Waals surface area contributed by atoms with Gasteiger partial charge in [0.25, 0.3) is 0 Å². The van der Waals surface area contributed by atoms with Gasteiger partial charge in [-0.05, 0) is 31.5 Å². The van der Waals surface area contributed by atoms with Gasteiger partial charge in [0.2, 0.25) is 5.82 Å². The first-order chi connectivity index (χ1) is 10.2. The summed E-state index contributed by atoms with van der Waals surface area (Å²) in [5, 5.41) is 13.8. The van der Waals surface area contributed by atoms with E-state index < -0.39 is 4.92 Å². The molecule has 112 valence electrons. The van der Waals surface area contributed by atoms with Crippen LogP contribution in [0.1, 0.15) is 17.7 Å². The Hall–Kier alpha value is -2.41. The van der Waals surface area contributed by atoms with E-state index in [1.165, 1.54) is 6.20 Å². The van der Waals surface area contributed by atoms with Crippen LogP contribution in [-0.2, 0) is 11.2 Å². The molecule has 21 heavy (non-hydrogen) atoms. The van der Waals surface area contributed by atoms with E-state index >= 15 is 0 Å². The van der Waals surface area contributed by atoms with Gasteiger partial charge in [0.05, 0.1) is 11.2 Å². The summed E-state index contributed by atoms with van der Waals surface area (Å²) in [6.45, 7) is 2.39. The standard InChI is InChI=1S/C14H17N3O4/c1-11-6-7-15-14(13(11)17(18)19)16-10-20-8-2-4-12-5-3-9-21-12/h3,5-7,9H,2,4,8,10H2,1H3,(H,15,16). The molecule has 0 spiro atoms. The van der Waals surface area contributed by atoms with E-state index in [0.29, 0.717) is 12.2 Å². The van der Waals surface area contributed by atoms with Crippen LogP contribution in [0.2, 0.25) is 0 Å². The third kappa shape index (κ3) is 4.28. The number of nitrogens with one attached hydrogen (secondary N) is 1. The quantitative estimate of drug-likeness (QED) is 0.348. The van der Waals surface area contributed by atoms with E-state index in [-0.39, 0.29) is 18.2 Å². The van der Waals surface area contributed by atoms with Crippen LogP contribution in [0.5, 0.6) is 0 Å². The van der Waals surface area contributed by atoms with Crippen molar-refractivity contribution in [2.24, 2.45) is 0 Å². The number of anilines is 1. The Bertz CT molecular complexity index is 584. The minimum Gasteiger partial charge on any atom is -0.469 e. The smallest absolute Gasteiger partial charge is 0.314 e. The highest BCUT2D eigenvalue weighted by Gasteiger charge is 2.17. The van der Waals surface area contributed by atoms with Crippen molar-refractivity contribution < 1.29 is 14.1 Å². The molecule has 2 aromatic rings. The Labute approximate surface area is 122 Å². The molecule has 7 nitrogen and oxygen atoms in total. The van der Waals surface area contributed by atoms with Crippen LogP contribution in [0.25, 0.3) is 0 Å². The summed E-state index contributed by atoms with van der Waals surface area (Å²) in [6, 6.07) is 5.37.